The molecule has 138 valence electrons. The lowest BCUT2D eigenvalue weighted by atomic mass is 9.85. The smallest absolute Gasteiger partial charge is 0.191 e. The van der Waals surface area contributed by atoms with Crippen molar-refractivity contribution in [1.29, 1.82) is 0 Å². The van der Waals surface area contributed by atoms with Gasteiger partial charge in [0.25, 0.3) is 0 Å². The quantitative estimate of drug-likeness (QED) is 0.250. The van der Waals surface area contributed by atoms with Crippen molar-refractivity contribution in [2.45, 2.75) is 26.2 Å². The molecule has 1 aromatic carbocycles. The molecule has 5 nitrogen and oxygen atoms in total. The van der Waals surface area contributed by atoms with E-state index in [2.05, 4.69) is 55.7 Å². The van der Waals surface area contributed by atoms with Crippen LogP contribution in [0.1, 0.15) is 26.3 Å². The topological polar surface area (TPSA) is 54.9 Å². The highest BCUT2D eigenvalue weighted by atomic mass is 127. The van der Waals surface area contributed by atoms with E-state index < -0.39 is 0 Å². The number of ether oxygens (including phenoxy) is 2. The number of benzene rings is 1. The number of halogens is 1. The van der Waals surface area contributed by atoms with Gasteiger partial charge in [-0.2, -0.15) is 0 Å². The zero-order valence-electron chi connectivity index (χ0n) is 15.3. The molecule has 0 unspecified atom stereocenters. The molecule has 1 rings (SSSR count). The Morgan fingerprint density at radius 2 is 1.79 bits per heavy atom. The minimum absolute atomic E-state index is 0. The summed E-state index contributed by atoms with van der Waals surface area (Å²) < 4.78 is 10.4. The second-order valence-electron chi connectivity index (χ2n) is 5.98. The molecule has 6 heteroatoms. The lowest BCUT2D eigenvalue weighted by Crippen LogP contribution is -2.40. The zero-order valence-corrected chi connectivity index (χ0v) is 17.6. The third-order valence-electron chi connectivity index (χ3n) is 3.50. The third kappa shape index (κ3) is 9.44. The first-order chi connectivity index (χ1) is 11.1. The molecule has 0 aliphatic heterocycles. The van der Waals surface area contributed by atoms with E-state index in [-0.39, 0.29) is 29.4 Å². The lowest BCUT2D eigenvalue weighted by molar-refractivity contribution is 0.0733. The molecule has 24 heavy (non-hydrogen) atoms. The Kier molecular flexibility index (Phi) is 13.0. The fraction of sp³-hybridized carbons (Fsp3) is 0.611. The molecule has 0 heterocycles. The summed E-state index contributed by atoms with van der Waals surface area (Å²) in [5, 5.41) is 6.56. The van der Waals surface area contributed by atoms with Gasteiger partial charge in [0.2, 0.25) is 0 Å². The maximum Gasteiger partial charge on any atom is 0.191 e. The second-order valence-corrected chi connectivity index (χ2v) is 5.98. The van der Waals surface area contributed by atoms with Gasteiger partial charge in [-0.25, -0.2) is 0 Å². The van der Waals surface area contributed by atoms with Gasteiger partial charge in [0.1, 0.15) is 0 Å². The van der Waals surface area contributed by atoms with Crippen molar-refractivity contribution < 1.29 is 9.47 Å². The van der Waals surface area contributed by atoms with Crippen molar-refractivity contribution >= 4 is 29.9 Å². The Bertz CT molecular complexity index is 453. The number of rotatable bonds is 10. The van der Waals surface area contributed by atoms with Gasteiger partial charge >= 0.3 is 0 Å². The van der Waals surface area contributed by atoms with Crippen LogP contribution in [0.5, 0.6) is 0 Å². The highest BCUT2D eigenvalue weighted by Crippen LogP contribution is 2.22. The molecule has 0 fully saturated rings. The van der Waals surface area contributed by atoms with Crippen LogP contribution in [0, 0.1) is 0 Å². The predicted molar refractivity (Wildman–Crippen MR) is 112 cm³/mol. The maximum atomic E-state index is 5.45. The summed E-state index contributed by atoms with van der Waals surface area (Å²) in [6.07, 6.45) is 0. The Morgan fingerprint density at radius 3 is 2.42 bits per heavy atom. The fourth-order valence-corrected chi connectivity index (χ4v) is 2.08. The molecule has 0 amide bonds. The number of nitrogens with zero attached hydrogens (tertiary/aromatic N) is 1. The average molecular weight is 449 g/mol. The van der Waals surface area contributed by atoms with Crippen LogP contribution in [0.25, 0.3) is 0 Å². The van der Waals surface area contributed by atoms with E-state index in [1.165, 1.54) is 5.56 Å². The van der Waals surface area contributed by atoms with Crippen LogP contribution in [-0.4, -0.2) is 52.5 Å². The van der Waals surface area contributed by atoms with Crippen LogP contribution in [-0.2, 0) is 14.9 Å². The van der Waals surface area contributed by atoms with Crippen LogP contribution in [0.4, 0.5) is 0 Å². The molecule has 0 spiro atoms. The third-order valence-corrected chi connectivity index (χ3v) is 3.50. The Balaban J connectivity index is 0.00000529. The Labute approximate surface area is 163 Å². The summed E-state index contributed by atoms with van der Waals surface area (Å²) in [6.45, 7) is 10.6. The Morgan fingerprint density at radius 1 is 1.08 bits per heavy atom. The van der Waals surface area contributed by atoms with Crippen LogP contribution < -0.4 is 10.6 Å². The van der Waals surface area contributed by atoms with Gasteiger partial charge in [0.05, 0.1) is 26.4 Å². The molecule has 0 aliphatic rings. The number of aliphatic imine (C=N–C) groups is 1. The van der Waals surface area contributed by atoms with E-state index in [9.17, 15) is 0 Å². The van der Waals surface area contributed by atoms with E-state index >= 15 is 0 Å². The molecule has 0 bridgehead atoms. The van der Waals surface area contributed by atoms with Crippen LogP contribution >= 0.6 is 24.0 Å². The minimum atomic E-state index is -0.00141. The summed E-state index contributed by atoms with van der Waals surface area (Å²) in [4.78, 5) is 4.71. The van der Waals surface area contributed by atoms with Gasteiger partial charge in [-0.05, 0) is 12.5 Å². The van der Waals surface area contributed by atoms with Crippen molar-refractivity contribution in [2.75, 3.05) is 46.6 Å². The van der Waals surface area contributed by atoms with E-state index in [0.29, 0.717) is 19.8 Å². The number of methoxy groups -OCH3 is 1. The highest BCUT2D eigenvalue weighted by molar-refractivity contribution is 14.0. The standard InChI is InChI=1S/C18H31N3O2.HI/c1-5-19-17(20-11-12-23-14-13-22-4)21-15-18(2,3)16-9-7-6-8-10-16;/h6-10H,5,11-15H2,1-4H3,(H2,19,20,21);1H. The van der Waals surface area contributed by atoms with E-state index in [0.717, 1.165) is 25.6 Å². The average Bonchev–Trinajstić information content (AvgIpc) is 2.56. The van der Waals surface area contributed by atoms with E-state index in [4.69, 9.17) is 14.5 Å². The van der Waals surface area contributed by atoms with Crippen LogP contribution in [0.2, 0.25) is 0 Å². The van der Waals surface area contributed by atoms with Crippen molar-refractivity contribution in [2.24, 2.45) is 4.99 Å². The van der Waals surface area contributed by atoms with Crippen molar-refractivity contribution in [3.8, 4) is 0 Å². The van der Waals surface area contributed by atoms with Crippen molar-refractivity contribution in [1.82, 2.24) is 10.6 Å². The van der Waals surface area contributed by atoms with E-state index in [1.807, 2.05) is 6.07 Å². The first-order valence-corrected chi connectivity index (χ1v) is 8.24. The maximum absolute atomic E-state index is 5.45. The summed E-state index contributed by atoms with van der Waals surface area (Å²) in [5.74, 6) is 0.826. The summed E-state index contributed by atoms with van der Waals surface area (Å²) in [5.41, 5.74) is 1.29. The first-order valence-electron chi connectivity index (χ1n) is 8.24. The van der Waals surface area contributed by atoms with Crippen molar-refractivity contribution in [3.63, 3.8) is 0 Å². The Hall–Kier alpha value is -0.860. The first kappa shape index (κ1) is 23.1. The number of hydrogen-bond acceptors (Lipinski definition) is 3. The predicted octanol–water partition coefficient (Wildman–Crippen LogP) is 2.80. The number of hydrogen-bond donors (Lipinski definition) is 2. The number of nitrogens with one attached hydrogen (secondary N) is 2. The molecular formula is C18H32IN3O2. The fourth-order valence-electron chi connectivity index (χ4n) is 2.08. The van der Waals surface area contributed by atoms with E-state index in [1.54, 1.807) is 7.11 Å². The molecule has 0 aromatic heterocycles. The minimum Gasteiger partial charge on any atom is -0.382 e. The van der Waals surface area contributed by atoms with Crippen LogP contribution in [0.15, 0.2) is 35.3 Å². The SMILES string of the molecule is CCNC(=NCC(C)(C)c1ccccc1)NCCOCCOC.I. The van der Waals surface area contributed by atoms with Gasteiger partial charge in [-0.1, -0.05) is 44.2 Å². The normalized spacial score (nSPS) is 11.8. The molecule has 0 saturated carbocycles. The molecule has 0 aliphatic carbocycles. The highest BCUT2D eigenvalue weighted by Gasteiger charge is 2.19. The monoisotopic (exact) mass is 449 g/mol. The van der Waals surface area contributed by atoms with Gasteiger partial charge in [0.15, 0.2) is 5.96 Å². The van der Waals surface area contributed by atoms with Crippen LogP contribution in [0.3, 0.4) is 0 Å². The van der Waals surface area contributed by atoms with Gasteiger partial charge in [-0.3, -0.25) is 4.99 Å². The van der Waals surface area contributed by atoms with Crippen molar-refractivity contribution in [3.05, 3.63) is 35.9 Å². The summed E-state index contributed by atoms with van der Waals surface area (Å²) in [7, 11) is 1.67. The summed E-state index contributed by atoms with van der Waals surface area (Å²) >= 11 is 0. The molecule has 2 N–H and O–H groups in total. The lowest BCUT2D eigenvalue weighted by Gasteiger charge is -2.24. The molecule has 0 radical (unpaired) electrons. The van der Waals surface area contributed by atoms with Gasteiger partial charge < -0.3 is 20.1 Å². The molecular weight excluding hydrogens is 417 g/mol. The largest absolute Gasteiger partial charge is 0.382 e. The second kappa shape index (κ2) is 13.4. The summed E-state index contributed by atoms with van der Waals surface area (Å²) in [6, 6.07) is 10.5. The van der Waals surface area contributed by atoms with Gasteiger partial charge in [0, 0.05) is 25.6 Å². The number of guanidine groups is 1. The molecule has 1 aromatic rings. The van der Waals surface area contributed by atoms with Gasteiger partial charge in [-0.15, -0.1) is 24.0 Å². The molecule has 0 saturated heterocycles. The molecule has 0 atom stereocenters. The zero-order chi connectivity index (χ0) is 17.0.